The summed E-state index contributed by atoms with van der Waals surface area (Å²) in [6.45, 7) is 10.4. The molecule has 1 fully saturated rings. The van der Waals surface area contributed by atoms with Gasteiger partial charge in [0.2, 0.25) is 0 Å². The van der Waals surface area contributed by atoms with Crippen molar-refractivity contribution in [1.29, 1.82) is 0 Å². The highest BCUT2D eigenvalue weighted by molar-refractivity contribution is 5.41. The van der Waals surface area contributed by atoms with Crippen molar-refractivity contribution in [3.05, 3.63) is 17.6 Å². The molecule has 1 aromatic rings. The summed E-state index contributed by atoms with van der Waals surface area (Å²) in [5.74, 6) is 1.92. The first-order valence-electron chi connectivity index (χ1n) is 5.88. The molecule has 0 saturated carbocycles. The molecule has 4 heteroatoms. The molecular weight excluding hydrogens is 200 g/mol. The van der Waals surface area contributed by atoms with Crippen LogP contribution in [0.2, 0.25) is 0 Å². The number of hydrogen-bond acceptors (Lipinski definition) is 4. The van der Waals surface area contributed by atoms with Gasteiger partial charge in [0, 0.05) is 36.9 Å². The Balaban J connectivity index is 2.27. The standard InChI is InChI=1S/C12H20N4/c1-8-5-12(15-11(4)14-8)16-7-9(2)13-6-10(16)3/h5,9-10,13H,6-7H2,1-4H3. The minimum atomic E-state index is 0.491. The SMILES string of the molecule is Cc1cc(N2CC(C)NCC2C)nc(C)n1. The van der Waals surface area contributed by atoms with Crippen LogP contribution < -0.4 is 10.2 Å². The molecule has 1 aliphatic heterocycles. The van der Waals surface area contributed by atoms with Crippen LogP contribution in [0.4, 0.5) is 5.82 Å². The molecule has 0 radical (unpaired) electrons. The van der Waals surface area contributed by atoms with Crippen LogP contribution in [0.3, 0.4) is 0 Å². The molecule has 0 aromatic carbocycles. The van der Waals surface area contributed by atoms with E-state index in [1.54, 1.807) is 0 Å². The second-order valence-electron chi connectivity index (χ2n) is 4.73. The Bertz CT molecular complexity index is 357. The molecule has 0 aliphatic carbocycles. The molecule has 1 N–H and O–H groups in total. The third-order valence-electron chi connectivity index (χ3n) is 3.01. The van der Waals surface area contributed by atoms with Crippen LogP contribution in [0, 0.1) is 13.8 Å². The monoisotopic (exact) mass is 220 g/mol. The molecule has 1 aliphatic rings. The van der Waals surface area contributed by atoms with E-state index in [4.69, 9.17) is 0 Å². The van der Waals surface area contributed by atoms with Crippen molar-refractivity contribution in [2.24, 2.45) is 0 Å². The minimum absolute atomic E-state index is 0.491. The van der Waals surface area contributed by atoms with Crippen molar-refractivity contribution in [2.45, 2.75) is 39.8 Å². The Hall–Kier alpha value is -1.16. The van der Waals surface area contributed by atoms with Gasteiger partial charge in [-0.15, -0.1) is 0 Å². The Morgan fingerprint density at radius 1 is 1.31 bits per heavy atom. The summed E-state index contributed by atoms with van der Waals surface area (Å²) < 4.78 is 0. The van der Waals surface area contributed by atoms with Gasteiger partial charge < -0.3 is 10.2 Å². The molecule has 0 amide bonds. The molecule has 0 spiro atoms. The molecular formula is C12H20N4. The summed E-state index contributed by atoms with van der Waals surface area (Å²) in [4.78, 5) is 11.2. The lowest BCUT2D eigenvalue weighted by Gasteiger charge is -2.38. The lowest BCUT2D eigenvalue weighted by molar-refractivity contribution is 0.422. The highest BCUT2D eigenvalue weighted by Gasteiger charge is 2.23. The van der Waals surface area contributed by atoms with Crippen LogP contribution in [-0.4, -0.2) is 35.1 Å². The fraction of sp³-hybridized carbons (Fsp3) is 0.667. The summed E-state index contributed by atoms with van der Waals surface area (Å²) in [6.07, 6.45) is 0. The predicted molar refractivity (Wildman–Crippen MR) is 65.8 cm³/mol. The van der Waals surface area contributed by atoms with Crippen LogP contribution in [0.5, 0.6) is 0 Å². The van der Waals surface area contributed by atoms with E-state index in [0.29, 0.717) is 12.1 Å². The molecule has 2 atom stereocenters. The van der Waals surface area contributed by atoms with Gasteiger partial charge in [-0.3, -0.25) is 0 Å². The van der Waals surface area contributed by atoms with E-state index in [-0.39, 0.29) is 0 Å². The van der Waals surface area contributed by atoms with Crippen molar-refractivity contribution >= 4 is 5.82 Å². The van der Waals surface area contributed by atoms with Crippen LogP contribution in [0.25, 0.3) is 0 Å². The largest absolute Gasteiger partial charge is 0.351 e. The fourth-order valence-corrected chi connectivity index (χ4v) is 2.19. The van der Waals surface area contributed by atoms with Crippen LogP contribution in [0.1, 0.15) is 25.4 Å². The smallest absolute Gasteiger partial charge is 0.132 e. The molecule has 0 bridgehead atoms. The molecule has 88 valence electrons. The van der Waals surface area contributed by atoms with Gasteiger partial charge in [0.1, 0.15) is 11.6 Å². The number of rotatable bonds is 1. The summed E-state index contributed by atoms with van der Waals surface area (Å²) >= 11 is 0. The summed E-state index contributed by atoms with van der Waals surface area (Å²) in [7, 11) is 0. The quantitative estimate of drug-likeness (QED) is 0.774. The van der Waals surface area contributed by atoms with Gasteiger partial charge in [0.15, 0.2) is 0 Å². The van der Waals surface area contributed by atoms with E-state index in [1.165, 1.54) is 0 Å². The second kappa shape index (κ2) is 4.37. The molecule has 1 aromatic heterocycles. The second-order valence-corrected chi connectivity index (χ2v) is 4.73. The molecule has 2 unspecified atom stereocenters. The average Bonchev–Trinajstić information content (AvgIpc) is 2.20. The van der Waals surface area contributed by atoms with Crippen molar-refractivity contribution in [3.8, 4) is 0 Å². The topological polar surface area (TPSA) is 41.0 Å². The lowest BCUT2D eigenvalue weighted by atomic mass is 10.1. The van der Waals surface area contributed by atoms with Gasteiger partial charge in [0.05, 0.1) is 0 Å². The van der Waals surface area contributed by atoms with Crippen LogP contribution >= 0.6 is 0 Å². The number of anilines is 1. The van der Waals surface area contributed by atoms with E-state index >= 15 is 0 Å². The van der Waals surface area contributed by atoms with Gasteiger partial charge in [0.25, 0.3) is 0 Å². The maximum absolute atomic E-state index is 4.53. The number of piperazine rings is 1. The van der Waals surface area contributed by atoms with E-state index < -0.39 is 0 Å². The third kappa shape index (κ3) is 2.32. The predicted octanol–water partition coefficient (Wildman–Crippen LogP) is 1.28. The number of nitrogens with zero attached hydrogens (tertiary/aromatic N) is 3. The van der Waals surface area contributed by atoms with E-state index in [1.807, 2.05) is 13.8 Å². The molecule has 2 rings (SSSR count). The normalized spacial score (nSPS) is 25.9. The number of aromatic nitrogens is 2. The van der Waals surface area contributed by atoms with Gasteiger partial charge in [-0.2, -0.15) is 0 Å². The first kappa shape index (κ1) is 11.3. The highest BCUT2D eigenvalue weighted by Crippen LogP contribution is 2.18. The maximum Gasteiger partial charge on any atom is 0.132 e. The number of hydrogen-bond donors (Lipinski definition) is 1. The zero-order chi connectivity index (χ0) is 11.7. The summed E-state index contributed by atoms with van der Waals surface area (Å²) in [6, 6.07) is 3.08. The zero-order valence-corrected chi connectivity index (χ0v) is 10.5. The van der Waals surface area contributed by atoms with Gasteiger partial charge in [-0.25, -0.2) is 9.97 Å². The minimum Gasteiger partial charge on any atom is -0.351 e. The van der Waals surface area contributed by atoms with Crippen molar-refractivity contribution < 1.29 is 0 Å². The average molecular weight is 220 g/mol. The first-order chi connectivity index (χ1) is 7.56. The Labute approximate surface area is 97.1 Å². The molecule has 1 saturated heterocycles. The Morgan fingerprint density at radius 3 is 2.75 bits per heavy atom. The molecule has 16 heavy (non-hydrogen) atoms. The van der Waals surface area contributed by atoms with Crippen LogP contribution in [-0.2, 0) is 0 Å². The summed E-state index contributed by atoms with van der Waals surface area (Å²) in [5.41, 5.74) is 1.04. The third-order valence-corrected chi connectivity index (χ3v) is 3.01. The van der Waals surface area contributed by atoms with Crippen molar-refractivity contribution in [3.63, 3.8) is 0 Å². The number of aryl methyl sites for hydroxylation is 2. The van der Waals surface area contributed by atoms with E-state index in [9.17, 15) is 0 Å². The van der Waals surface area contributed by atoms with Gasteiger partial charge in [-0.1, -0.05) is 0 Å². The molecule has 2 heterocycles. The first-order valence-corrected chi connectivity index (χ1v) is 5.88. The maximum atomic E-state index is 4.53. The highest BCUT2D eigenvalue weighted by atomic mass is 15.3. The fourth-order valence-electron chi connectivity index (χ4n) is 2.19. The van der Waals surface area contributed by atoms with Crippen LogP contribution in [0.15, 0.2) is 6.07 Å². The van der Waals surface area contributed by atoms with Gasteiger partial charge in [-0.05, 0) is 27.7 Å². The lowest BCUT2D eigenvalue weighted by Crippen LogP contribution is -2.54. The van der Waals surface area contributed by atoms with Crippen molar-refractivity contribution in [2.75, 3.05) is 18.0 Å². The molecule has 4 nitrogen and oxygen atoms in total. The Morgan fingerprint density at radius 2 is 2.06 bits per heavy atom. The Kier molecular flexibility index (Phi) is 3.10. The van der Waals surface area contributed by atoms with Gasteiger partial charge >= 0.3 is 0 Å². The number of nitrogens with one attached hydrogen (secondary N) is 1. The summed E-state index contributed by atoms with van der Waals surface area (Å²) in [5, 5.41) is 3.48. The van der Waals surface area contributed by atoms with E-state index in [0.717, 1.165) is 30.4 Å². The zero-order valence-electron chi connectivity index (χ0n) is 10.5. The van der Waals surface area contributed by atoms with Crippen molar-refractivity contribution in [1.82, 2.24) is 15.3 Å². The van der Waals surface area contributed by atoms with E-state index in [2.05, 4.69) is 40.1 Å².